The van der Waals surface area contributed by atoms with E-state index in [2.05, 4.69) is 23.6 Å². The summed E-state index contributed by atoms with van der Waals surface area (Å²) in [5, 5.41) is 10.3. The van der Waals surface area contributed by atoms with E-state index in [9.17, 15) is 5.11 Å². The third kappa shape index (κ3) is 3.95. The van der Waals surface area contributed by atoms with Gasteiger partial charge in [-0.05, 0) is 31.0 Å². The average Bonchev–Trinajstić information content (AvgIpc) is 2.48. The van der Waals surface area contributed by atoms with Crippen molar-refractivity contribution >= 4 is 5.69 Å². The van der Waals surface area contributed by atoms with Gasteiger partial charge in [-0.2, -0.15) is 0 Å². The van der Waals surface area contributed by atoms with Crippen molar-refractivity contribution in [2.45, 2.75) is 32.4 Å². The highest BCUT2D eigenvalue weighted by Gasteiger charge is 2.22. The molecular weight excluding hydrogens is 250 g/mol. The summed E-state index contributed by atoms with van der Waals surface area (Å²) in [5.74, 6) is 0. The molecule has 20 heavy (non-hydrogen) atoms. The summed E-state index contributed by atoms with van der Waals surface area (Å²) in [4.78, 5) is 4.88. The van der Waals surface area contributed by atoms with Crippen LogP contribution in [0.4, 0.5) is 5.69 Å². The Morgan fingerprint density at radius 1 is 1.15 bits per heavy atom. The molecule has 1 saturated heterocycles. The van der Waals surface area contributed by atoms with E-state index >= 15 is 0 Å². The summed E-state index contributed by atoms with van der Waals surface area (Å²) in [5.41, 5.74) is 7.36. The predicted octanol–water partition coefficient (Wildman–Crippen LogP) is 1.72. The van der Waals surface area contributed by atoms with E-state index in [1.165, 1.54) is 6.42 Å². The van der Waals surface area contributed by atoms with Gasteiger partial charge >= 0.3 is 0 Å². The monoisotopic (exact) mass is 277 g/mol. The van der Waals surface area contributed by atoms with Gasteiger partial charge in [-0.3, -0.25) is 9.80 Å². The molecule has 1 aliphatic heterocycles. The summed E-state index contributed by atoms with van der Waals surface area (Å²) < 4.78 is 0. The van der Waals surface area contributed by atoms with Gasteiger partial charge in [0.1, 0.15) is 0 Å². The van der Waals surface area contributed by atoms with Gasteiger partial charge in [0.2, 0.25) is 0 Å². The second-order valence-electron chi connectivity index (χ2n) is 5.78. The van der Waals surface area contributed by atoms with Crippen LogP contribution in [0.25, 0.3) is 0 Å². The van der Waals surface area contributed by atoms with Crippen molar-refractivity contribution in [2.75, 3.05) is 38.5 Å². The first-order chi connectivity index (χ1) is 9.60. The highest BCUT2D eigenvalue weighted by Crippen LogP contribution is 2.17. The first-order valence-electron chi connectivity index (χ1n) is 7.60. The van der Waals surface area contributed by atoms with E-state index in [0.717, 1.165) is 37.4 Å². The molecule has 0 amide bonds. The van der Waals surface area contributed by atoms with Gasteiger partial charge in [0.05, 0.1) is 6.10 Å². The molecule has 112 valence electrons. The minimum atomic E-state index is -0.425. The van der Waals surface area contributed by atoms with Crippen LogP contribution in [0, 0.1) is 0 Å². The Morgan fingerprint density at radius 2 is 1.75 bits per heavy atom. The molecule has 1 aromatic carbocycles. The second kappa shape index (κ2) is 7.07. The van der Waals surface area contributed by atoms with Crippen LogP contribution in [0.1, 0.15) is 31.9 Å². The number of rotatable bonds is 5. The zero-order valence-corrected chi connectivity index (χ0v) is 12.6. The fourth-order valence-corrected chi connectivity index (χ4v) is 2.71. The maximum atomic E-state index is 10.3. The van der Waals surface area contributed by atoms with Gasteiger partial charge in [-0.15, -0.1) is 0 Å². The first-order valence-corrected chi connectivity index (χ1v) is 7.60. The van der Waals surface area contributed by atoms with Crippen LogP contribution in [0.3, 0.4) is 0 Å². The van der Waals surface area contributed by atoms with Gasteiger partial charge in [-0.1, -0.05) is 19.1 Å². The number of β-amino-alcohol motifs (C(OH)–C–C–N with tert-alkyl or cyclic N) is 1. The molecule has 1 aromatic rings. The normalized spacial score (nSPS) is 20.8. The minimum absolute atomic E-state index is 0.425. The maximum Gasteiger partial charge on any atom is 0.0916 e. The van der Waals surface area contributed by atoms with Crippen molar-refractivity contribution in [3.8, 4) is 0 Å². The standard InChI is InChI=1S/C16H27N3O/c1-3-13(2)19-10-8-18(9-11-19)12-16(20)14-4-6-15(17)7-5-14/h4-7,13,16,20H,3,8-12,17H2,1-2H3. The maximum absolute atomic E-state index is 10.3. The van der Waals surface area contributed by atoms with Crippen LogP contribution in [0.15, 0.2) is 24.3 Å². The van der Waals surface area contributed by atoms with Crippen LogP contribution < -0.4 is 5.73 Å². The van der Waals surface area contributed by atoms with E-state index in [1.807, 2.05) is 24.3 Å². The molecule has 1 aliphatic rings. The third-order valence-corrected chi connectivity index (χ3v) is 4.37. The lowest BCUT2D eigenvalue weighted by Crippen LogP contribution is -2.50. The lowest BCUT2D eigenvalue weighted by atomic mass is 10.1. The largest absolute Gasteiger partial charge is 0.399 e. The minimum Gasteiger partial charge on any atom is -0.399 e. The number of nitrogens with two attached hydrogens (primary N) is 1. The van der Waals surface area contributed by atoms with Crippen LogP contribution in [0.2, 0.25) is 0 Å². The first kappa shape index (κ1) is 15.3. The predicted molar refractivity (Wildman–Crippen MR) is 83.6 cm³/mol. The topological polar surface area (TPSA) is 52.7 Å². The average molecular weight is 277 g/mol. The molecule has 2 atom stereocenters. The number of benzene rings is 1. The molecule has 0 radical (unpaired) electrons. The third-order valence-electron chi connectivity index (χ3n) is 4.37. The molecule has 0 spiro atoms. The lowest BCUT2D eigenvalue weighted by Gasteiger charge is -2.38. The number of nitrogens with zero attached hydrogens (tertiary/aromatic N) is 2. The number of hydrogen-bond acceptors (Lipinski definition) is 4. The summed E-state index contributed by atoms with van der Waals surface area (Å²) >= 11 is 0. The van der Waals surface area contributed by atoms with Crippen molar-refractivity contribution < 1.29 is 5.11 Å². The Morgan fingerprint density at radius 3 is 2.30 bits per heavy atom. The number of aliphatic hydroxyl groups excluding tert-OH is 1. The molecular formula is C16H27N3O. The fraction of sp³-hybridized carbons (Fsp3) is 0.625. The molecule has 0 aliphatic carbocycles. The molecule has 0 saturated carbocycles. The van der Waals surface area contributed by atoms with E-state index in [1.54, 1.807) is 0 Å². The van der Waals surface area contributed by atoms with Crippen molar-refractivity contribution in [3.63, 3.8) is 0 Å². The van der Waals surface area contributed by atoms with Crippen LogP contribution in [0.5, 0.6) is 0 Å². The summed E-state index contributed by atoms with van der Waals surface area (Å²) in [6, 6.07) is 8.18. The zero-order valence-electron chi connectivity index (χ0n) is 12.6. The van der Waals surface area contributed by atoms with Crippen LogP contribution in [-0.4, -0.2) is 53.7 Å². The molecule has 1 heterocycles. The summed E-state index contributed by atoms with van der Waals surface area (Å²) in [7, 11) is 0. The number of piperazine rings is 1. The van der Waals surface area contributed by atoms with Crippen molar-refractivity contribution in [1.29, 1.82) is 0 Å². The number of hydrogen-bond donors (Lipinski definition) is 2. The lowest BCUT2D eigenvalue weighted by molar-refractivity contribution is 0.0584. The summed E-state index contributed by atoms with van der Waals surface area (Å²) in [6.07, 6.45) is 0.777. The van der Waals surface area contributed by atoms with E-state index < -0.39 is 6.10 Å². The molecule has 2 rings (SSSR count). The highest BCUT2D eigenvalue weighted by molar-refractivity contribution is 5.39. The molecule has 1 fully saturated rings. The highest BCUT2D eigenvalue weighted by atomic mass is 16.3. The van der Waals surface area contributed by atoms with Crippen molar-refractivity contribution in [1.82, 2.24) is 9.80 Å². The quantitative estimate of drug-likeness (QED) is 0.805. The van der Waals surface area contributed by atoms with Gasteiger partial charge in [0.25, 0.3) is 0 Å². The van der Waals surface area contributed by atoms with Crippen molar-refractivity contribution in [3.05, 3.63) is 29.8 Å². The Labute approximate surface area is 122 Å². The smallest absolute Gasteiger partial charge is 0.0916 e. The van der Waals surface area contributed by atoms with Gasteiger partial charge < -0.3 is 10.8 Å². The summed E-state index contributed by atoms with van der Waals surface area (Å²) in [6.45, 7) is 9.51. The van der Waals surface area contributed by atoms with Gasteiger partial charge in [0, 0.05) is 44.5 Å². The Bertz CT molecular complexity index is 399. The number of anilines is 1. The Hall–Kier alpha value is -1.10. The molecule has 4 heteroatoms. The molecule has 3 N–H and O–H groups in total. The van der Waals surface area contributed by atoms with Crippen LogP contribution in [-0.2, 0) is 0 Å². The molecule has 0 bridgehead atoms. The van der Waals surface area contributed by atoms with Gasteiger partial charge in [-0.25, -0.2) is 0 Å². The van der Waals surface area contributed by atoms with Crippen LogP contribution >= 0.6 is 0 Å². The molecule has 4 nitrogen and oxygen atoms in total. The molecule has 0 aromatic heterocycles. The molecule has 2 unspecified atom stereocenters. The zero-order chi connectivity index (χ0) is 14.5. The van der Waals surface area contributed by atoms with Gasteiger partial charge in [0.15, 0.2) is 0 Å². The van der Waals surface area contributed by atoms with Crippen molar-refractivity contribution in [2.24, 2.45) is 0 Å². The van der Waals surface area contributed by atoms with E-state index in [-0.39, 0.29) is 0 Å². The Balaban J connectivity index is 1.81. The Kier molecular flexibility index (Phi) is 5.40. The fourth-order valence-electron chi connectivity index (χ4n) is 2.71. The second-order valence-corrected chi connectivity index (χ2v) is 5.78. The number of nitrogen functional groups attached to an aromatic ring is 1. The number of aliphatic hydroxyl groups is 1. The van der Waals surface area contributed by atoms with E-state index in [0.29, 0.717) is 12.6 Å². The van der Waals surface area contributed by atoms with E-state index in [4.69, 9.17) is 5.73 Å². The SMILES string of the molecule is CCC(C)N1CCN(CC(O)c2ccc(N)cc2)CC1.